The van der Waals surface area contributed by atoms with E-state index in [4.69, 9.17) is 11.6 Å². The van der Waals surface area contributed by atoms with Crippen molar-refractivity contribution in [1.29, 1.82) is 0 Å². The van der Waals surface area contributed by atoms with E-state index >= 15 is 0 Å². The number of carbonyl (C=O) groups excluding carboxylic acids is 3. The van der Waals surface area contributed by atoms with E-state index in [2.05, 4.69) is 26.1 Å². The molecule has 190 valence electrons. The molecule has 1 atom stereocenters. The molecule has 33 heavy (non-hydrogen) atoms. The van der Waals surface area contributed by atoms with Gasteiger partial charge in [-0.1, -0.05) is 64.3 Å². The quantitative estimate of drug-likeness (QED) is 0.416. The van der Waals surface area contributed by atoms with Crippen LogP contribution >= 0.6 is 11.6 Å². The maximum absolute atomic E-state index is 12.3. The van der Waals surface area contributed by atoms with Gasteiger partial charge in [-0.2, -0.15) is 0 Å². The summed E-state index contributed by atoms with van der Waals surface area (Å²) in [4.78, 5) is 36.7. The monoisotopic (exact) mass is 482 g/mol. The molecule has 0 spiro atoms. The number of nitrogens with zero attached hydrogens (tertiary/aromatic N) is 1. The van der Waals surface area contributed by atoms with Gasteiger partial charge in [-0.3, -0.25) is 14.4 Å². The number of benzene rings is 1. The van der Waals surface area contributed by atoms with Gasteiger partial charge in [-0.05, 0) is 65.2 Å². The first-order valence-corrected chi connectivity index (χ1v) is 12.6. The molecule has 0 saturated carbocycles. The van der Waals surface area contributed by atoms with Crippen molar-refractivity contribution in [1.82, 2.24) is 10.2 Å². The number of nitrogens with one attached hydrogen (secondary N) is 1. The lowest BCUT2D eigenvalue weighted by Crippen LogP contribution is -2.43. The summed E-state index contributed by atoms with van der Waals surface area (Å²) in [5.41, 5.74) is 1.33. The molecular formula is C27H47ClN2O3. The second-order valence-corrected chi connectivity index (χ2v) is 9.34. The third-order valence-corrected chi connectivity index (χ3v) is 5.05. The molecule has 0 aliphatic carbocycles. The molecule has 0 radical (unpaired) electrons. The molecule has 0 aliphatic heterocycles. The molecule has 0 heterocycles. The molecule has 1 rings (SSSR count). The van der Waals surface area contributed by atoms with Gasteiger partial charge in [0.25, 0.3) is 0 Å². The van der Waals surface area contributed by atoms with Crippen molar-refractivity contribution in [3.63, 3.8) is 0 Å². The standard InChI is InChI=1S/C15H28N2O3.C8H9Cl.C4H10/c1-10(2)16-14(19)8-7-12(5)15(20)17(11(3)4)9-13(6)18;1-2-7-3-5-8(9)6-4-7;1-3-4-2/h10-12H,7-9H2,1-6H3,(H,16,19);3-6H,2H2,1H3;3-4H2,1-2H3. The van der Waals surface area contributed by atoms with E-state index in [1.807, 2.05) is 52.0 Å². The average molecular weight is 483 g/mol. The summed E-state index contributed by atoms with van der Waals surface area (Å²) in [5.74, 6) is -0.388. The number of unbranched alkanes of at least 4 members (excludes halogenated alkanes) is 1. The van der Waals surface area contributed by atoms with Gasteiger partial charge in [0.1, 0.15) is 5.78 Å². The van der Waals surface area contributed by atoms with Crippen LogP contribution < -0.4 is 5.32 Å². The lowest BCUT2D eigenvalue weighted by molar-refractivity contribution is -0.140. The molecule has 6 heteroatoms. The number of rotatable bonds is 10. The van der Waals surface area contributed by atoms with Crippen molar-refractivity contribution in [2.75, 3.05) is 6.54 Å². The van der Waals surface area contributed by atoms with E-state index in [-0.39, 0.29) is 42.1 Å². The predicted molar refractivity (Wildman–Crippen MR) is 141 cm³/mol. The summed E-state index contributed by atoms with van der Waals surface area (Å²) < 4.78 is 0. The maximum Gasteiger partial charge on any atom is 0.226 e. The van der Waals surface area contributed by atoms with Crippen LogP contribution in [0.2, 0.25) is 5.02 Å². The van der Waals surface area contributed by atoms with E-state index in [0.717, 1.165) is 11.4 Å². The average Bonchev–Trinajstić information content (AvgIpc) is 2.75. The van der Waals surface area contributed by atoms with Gasteiger partial charge in [0, 0.05) is 29.4 Å². The Balaban J connectivity index is 0. The summed E-state index contributed by atoms with van der Waals surface area (Å²) >= 11 is 5.67. The van der Waals surface area contributed by atoms with E-state index in [9.17, 15) is 14.4 Å². The van der Waals surface area contributed by atoms with Gasteiger partial charge in [-0.15, -0.1) is 0 Å². The molecule has 0 bridgehead atoms. The van der Waals surface area contributed by atoms with Gasteiger partial charge in [0.15, 0.2) is 0 Å². The Bertz CT molecular complexity index is 670. The van der Waals surface area contributed by atoms with Gasteiger partial charge in [-0.25, -0.2) is 0 Å². The maximum atomic E-state index is 12.3. The minimum absolute atomic E-state index is 0.0154. The van der Waals surface area contributed by atoms with Crippen molar-refractivity contribution < 1.29 is 14.4 Å². The molecule has 1 aromatic carbocycles. The van der Waals surface area contributed by atoms with Crippen molar-refractivity contribution in [2.24, 2.45) is 5.92 Å². The van der Waals surface area contributed by atoms with Crippen LogP contribution in [0.3, 0.4) is 0 Å². The Morgan fingerprint density at radius 2 is 1.45 bits per heavy atom. The van der Waals surface area contributed by atoms with Crippen molar-refractivity contribution in [2.45, 2.75) is 107 Å². The van der Waals surface area contributed by atoms with Crippen LogP contribution in [0, 0.1) is 5.92 Å². The SMILES string of the molecule is CC(=O)CN(C(=O)C(C)CCC(=O)NC(C)C)C(C)C.CCCC.CCc1ccc(Cl)cc1. The number of hydrogen-bond acceptors (Lipinski definition) is 3. The second kappa shape index (κ2) is 19.6. The molecule has 1 aromatic rings. The topological polar surface area (TPSA) is 66.5 Å². The first kappa shape index (κ1) is 33.3. The smallest absolute Gasteiger partial charge is 0.226 e. The highest BCUT2D eigenvalue weighted by atomic mass is 35.5. The number of hydrogen-bond donors (Lipinski definition) is 1. The summed E-state index contributed by atoms with van der Waals surface area (Å²) in [6.45, 7) is 17.5. The number of amides is 2. The minimum Gasteiger partial charge on any atom is -0.354 e. The Morgan fingerprint density at radius 3 is 1.82 bits per heavy atom. The lowest BCUT2D eigenvalue weighted by Gasteiger charge is -2.28. The Labute approximate surface area is 207 Å². The zero-order chi connectivity index (χ0) is 26.0. The molecule has 0 aromatic heterocycles. The number of halogens is 1. The molecule has 0 aliphatic rings. The molecule has 5 nitrogen and oxygen atoms in total. The minimum atomic E-state index is -0.255. The van der Waals surface area contributed by atoms with Gasteiger partial charge < -0.3 is 10.2 Å². The number of aryl methyl sites for hydroxylation is 1. The highest BCUT2D eigenvalue weighted by Crippen LogP contribution is 2.13. The largest absolute Gasteiger partial charge is 0.354 e. The van der Waals surface area contributed by atoms with Crippen molar-refractivity contribution >= 4 is 29.2 Å². The Hall–Kier alpha value is -1.88. The van der Waals surface area contributed by atoms with Crippen LogP contribution in [-0.4, -0.2) is 41.1 Å². The molecular weight excluding hydrogens is 436 g/mol. The Kier molecular flexibility index (Phi) is 19.8. The molecule has 0 saturated heterocycles. The zero-order valence-corrected chi connectivity index (χ0v) is 23.1. The Morgan fingerprint density at radius 1 is 0.939 bits per heavy atom. The van der Waals surface area contributed by atoms with Crippen LogP contribution in [0.25, 0.3) is 0 Å². The molecule has 0 fully saturated rings. The summed E-state index contributed by atoms with van der Waals surface area (Å²) in [5, 5.41) is 3.62. The normalized spacial score (nSPS) is 11.0. The fourth-order valence-electron chi connectivity index (χ4n) is 2.62. The highest BCUT2D eigenvalue weighted by molar-refractivity contribution is 6.30. The van der Waals surface area contributed by atoms with Crippen LogP contribution in [0.15, 0.2) is 24.3 Å². The van der Waals surface area contributed by atoms with Crippen LogP contribution in [0.4, 0.5) is 0 Å². The molecule has 1 N–H and O–H groups in total. The second-order valence-electron chi connectivity index (χ2n) is 8.90. The predicted octanol–water partition coefficient (Wildman–Crippen LogP) is 6.46. The van der Waals surface area contributed by atoms with Crippen molar-refractivity contribution in [3.8, 4) is 0 Å². The number of Topliss-reactive ketones (excluding diaryl/α,β-unsaturated/α-hetero) is 1. The fraction of sp³-hybridized carbons (Fsp3) is 0.667. The number of ketones is 1. The van der Waals surface area contributed by atoms with Crippen LogP contribution in [0.1, 0.15) is 93.6 Å². The third-order valence-electron chi connectivity index (χ3n) is 4.80. The third kappa shape index (κ3) is 18.3. The van der Waals surface area contributed by atoms with E-state index in [0.29, 0.717) is 12.8 Å². The van der Waals surface area contributed by atoms with E-state index < -0.39 is 0 Å². The molecule has 1 unspecified atom stereocenters. The number of carbonyl (C=O) groups is 3. The molecule has 2 amide bonds. The highest BCUT2D eigenvalue weighted by Gasteiger charge is 2.24. The summed E-state index contributed by atoms with van der Waals surface area (Å²) in [6.07, 6.45) is 4.55. The van der Waals surface area contributed by atoms with Gasteiger partial charge in [0.05, 0.1) is 6.54 Å². The van der Waals surface area contributed by atoms with E-state index in [1.54, 1.807) is 11.8 Å². The van der Waals surface area contributed by atoms with Crippen LogP contribution in [-0.2, 0) is 20.8 Å². The van der Waals surface area contributed by atoms with E-state index in [1.165, 1.54) is 25.3 Å². The first-order chi connectivity index (χ1) is 15.4. The van der Waals surface area contributed by atoms with Crippen LogP contribution in [0.5, 0.6) is 0 Å². The van der Waals surface area contributed by atoms with Crippen molar-refractivity contribution in [3.05, 3.63) is 34.9 Å². The first-order valence-electron chi connectivity index (χ1n) is 12.2. The summed E-state index contributed by atoms with van der Waals surface area (Å²) in [6, 6.07) is 8.02. The van der Waals surface area contributed by atoms with Gasteiger partial charge in [0.2, 0.25) is 11.8 Å². The van der Waals surface area contributed by atoms with Gasteiger partial charge >= 0.3 is 0 Å². The fourth-order valence-corrected chi connectivity index (χ4v) is 2.75. The summed E-state index contributed by atoms with van der Waals surface area (Å²) in [7, 11) is 0. The lowest BCUT2D eigenvalue weighted by atomic mass is 10.0. The zero-order valence-electron chi connectivity index (χ0n) is 22.3.